The Hall–Kier alpha value is -1.46. The van der Waals surface area contributed by atoms with Crippen LogP contribution in [0.3, 0.4) is 0 Å². The maximum Gasteiger partial charge on any atom is 0.229 e. The van der Waals surface area contributed by atoms with Crippen LogP contribution in [0.2, 0.25) is 0 Å². The van der Waals surface area contributed by atoms with Crippen LogP contribution in [0.4, 0.5) is 11.4 Å². The molecule has 2 N–H and O–H groups in total. The van der Waals surface area contributed by atoms with E-state index in [0.717, 1.165) is 23.6 Å². The molecule has 2 aromatic carbocycles. The van der Waals surface area contributed by atoms with Crippen LogP contribution in [-0.4, -0.2) is 48.2 Å². The molecule has 23 heavy (non-hydrogen) atoms. The van der Waals surface area contributed by atoms with Gasteiger partial charge in [0.1, 0.15) is 0 Å². The Bertz CT molecular complexity index is 786. The molecule has 0 atom stereocenters. The number of hydrogen-bond acceptors (Lipinski definition) is 4. The largest absolute Gasteiger partial charge is 0.284 e. The van der Waals surface area contributed by atoms with Gasteiger partial charge in [-0.25, -0.2) is 16.8 Å². The van der Waals surface area contributed by atoms with Crippen molar-refractivity contribution in [2.75, 3.05) is 22.0 Å². The van der Waals surface area contributed by atoms with Gasteiger partial charge in [0.2, 0.25) is 20.0 Å². The van der Waals surface area contributed by atoms with Crippen molar-refractivity contribution in [3.8, 4) is 11.1 Å². The van der Waals surface area contributed by atoms with Crippen LogP contribution in [0.25, 0.3) is 11.1 Å². The number of benzene rings is 2. The fourth-order valence-electron chi connectivity index (χ4n) is 1.89. The van der Waals surface area contributed by atoms with Crippen molar-refractivity contribution in [2.45, 2.75) is 0 Å². The van der Waals surface area contributed by atoms with E-state index in [1.807, 2.05) is 0 Å². The molecule has 0 saturated carbocycles. The normalized spacial score (nSPS) is 11.4. The molecule has 9 heteroatoms. The van der Waals surface area contributed by atoms with Crippen molar-refractivity contribution in [3.05, 3.63) is 48.5 Å². The van der Waals surface area contributed by atoms with Crippen molar-refractivity contribution in [2.24, 2.45) is 0 Å². The second-order valence-electron chi connectivity index (χ2n) is 4.90. The van der Waals surface area contributed by atoms with Crippen LogP contribution >= 0.6 is 0 Å². The first-order valence-corrected chi connectivity index (χ1v) is 10.1. The van der Waals surface area contributed by atoms with E-state index in [-0.39, 0.29) is 18.9 Å². The number of nitrogens with one attached hydrogen (secondary N) is 2. The van der Waals surface area contributed by atoms with Crippen molar-refractivity contribution in [1.29, 1.82) is 0 Å². The van der Waals surface area contributed by atoms with E-state index in [9.17, 15) is 16.8 Å². The van der Waals surface area contributed by atoms with E-state index in [4.69, 9.17) is 0 Å². The van der Waals surface area contributed by atoms with Gasteiger partial charge >= 0.3 is 0 Å². The molecule has 0 fully saturated rings. The van der Waals surface area contributed by atoms with E-state index in [2.05, 4.69) is 9.44 Å². The molecule has 2 aromatic rings. The summed E-state index contributed by atoms with van der Waals surface area (Å²) in [5, 5.41) is 0. The fraction of sp³-hybridized carbons (Fsp3) is 0.143. The Morgan fingerprint density at radius 1 is 0.609 bits per heavy atom. The molecule has 0 aromatic heterocycles. The molecular formula is C14H16LiN2O4S2. The van der Waals surface area contributed by atoms with Crippen molar-refractivity contribution in [3.63, 3.8) is 0 Å². The SMILES string of the molecule is CS(=O)(=O)Nc1ccc(-c2ccc(NS(C)(=O)=O)cc2)cc1.[Li]. The summed E-state index contributed by atoms with van der Waals surface area (Å²) in [6, 6.07) is 13.8. The van der Waals surface area contributed by atoms with Crippen LogP contribution < -0.4 is 9.44 Å². The molecule has 0 bridgehead atoms. The van der Waals surface area contributed by atoms with E-state index in [0.29, 0.717) is 11.4 Å². The van der Waals surface area contributed by atoms with Gasteiger partial charge in [-0.2, -0.15) is 0 Å². The van der Waals surface area contributed by atoms with Gasteiger partial charge in [0.05, 0.1) is 12.5 Å². The van der Waals surface area contributed by atoms with Gasteiger partial charge in [0.25, 0.3) is 0 Å². The second-order valence-corrected chi connectivity index (χ2v) is 8.40. The summed E-state index contributed by atoms with van der Waals surface area (Å²) < 4.78 is 49.3. The maximum absolute atomic E-state index is 11.1. The molecule has 119 valence electrons. The van der Waals surface area contributed by atoms with Gasteiger partial charge in [-0.05, 0) is 35.4 Å². The molecule has 0 amide bonds. The molecule has 0 spiro atoms. The second kappa shape index (κ2) is 7.40. The molecular weight excluding hydrogens is 331 g/mol. The molecule has 0 aliphatic rings. The first-order chi connectivity index (χ1) is 10.1. The number of sulfonamides is 2. The maximum atomic E-state index is 11.1. The summed E-state index contributed by atoms with van der Waals surface area (Å²) in [7, 11) is -6.59. The third-order valence-corrected chi connectivity index (χ3v) is 3.92. The molecule has 0 aliphatic heterocycles. The predicted octanol–water partition coefficient (Wildman–Crippen LogP) is 1.72. The summed E-state index contributed by atoms with van der Waals surface area (Å²) in [4.78, 5) is 0. The van der Waals surface area contributed by atoms with E-state index < -0.39 is 20.0 Å². The fourth-order valence-corrected chi connectivity index (χ4v) is 3.02. The van der Waals surface area contributed by atoms with E-state index >= 15 is 0 Å². The first kappa shape index (κ1) is 19.6. The zero-order valence-electron chi connectivity index (χ0n) is 13.1. The minimum absolute atomic E-state index is 0. The average Bonchev–Trinajstić information content (AvgIpc) is 2.37. The summed E-state index contributed by atoms with van der Waals surface area (Å²) in [5.41, 5.74) is 2.76. The smallest absolute Gasteiger partial charge is 0.229 e. The molecule has 0 heterocycles. The standard InChI is InChI=1S/C14H16N2O4S2.Li/c1-21(17,18)15-13-7-3-11(4-8-13)12-5-9-14(10-6-12)16-22(2,19)20;/h3-10,15-16H,1-2H3;. The minimum Gasteiger partial charge on any atom is -0.284 e. The molecule has 1 radical (unpaired) electrons. The van der Waals surface area contributed by atoms with Crippen molar-refractivity contribution in [1.82, 2.24) is 0 Å². The van der Waals surface area contributed by atoms with Gasteiger partial charge < -0.3 is 0 Å². The van der Waals surface area contributed by atoms with Crippen LogP contribution in [-0.2, 0) is 20.0 Å². The predicted molar refractivity (Wildman–Crippen MR) is 94.6 cm³/mol. The Labute approximate surface area is 148 Å². The molecule has 0 unspecified atom stereocenters. The zero-order chi connectivity index (χ0) is 16.4. The van der Waals surface area contributed by atoms with Crippen molar-refractivity contribution < 1.29 is 16.8 Å². The summed E-state index contributed by atoms with van der Waals surface area (Å²) in [6.07, 6.45) is 2.18. The average molecular weight is 347 g/mol. The number of anilines is 2. The van der Waals surface area contributed by atoms with Gasteiger partial charge in [0, 0.05) is 30.2 Å². The van der Waals surface area contributed by atoms with Crippen LogP contribution in [0.1, 0.15) is 0 Å². The van der Waals surface area contributed by atoms with Gasteiger partial charge in [-0.1, -0.05) is 24.3 Å². The van der Waals surface area contributed by atoms with E-state index in [1.54, 1.807) is 48.5 Å². The van der Waals surface area contributed by atoms with Crippen LogP contribution in [0, 0.1) is 0 Å². The van der Waals surface area contributed by atoms with E-state index in [1.165, 1.54) is 0 Å². The third kappa shape index (κ3) is 6.67. The quantitative estimate of drug-likeness (QED) is 0.806. The van der Waals surface area contributed by atoms with Crippen LogP contribution in [0.5, 0.6) is 0 Å². The van der Waals surface area contributed by atoms with Gasteiger partial charge in [-0.15, -0.1) is 0 Å². The van der Waals surface area contributed by atoms with Gasteiger partial charge in [-0.3, -0.25) is 9.44 Å². The van der Waals surface area contributed by atoms with Crippen molar-refractivity contribution >= 4 is 50.3 Å². The summed E-state index contributed by atoms with van der Waals surface area (Å²) in [6.45, 7) is 0. The zero-order valence-corrected chi connectivity index (χ0v) is 14.7. The Morgan fingerprint density at radius 2 is 0.870 bits per heavy atom. The Kier molecular flexibility index (Phi) is 6.30. The third-order valence-electron chi connectivity index (χ3n) is 2.71. The number of hydrogen-bond donors (Lipinski definition) is 2. The Morgan fingerprint density at radius 3 is 1.09 bits per heavy atom. The molecule has 2 rings (SSSR count). The molecule has 6 nitrogen and oxygen atoms in total. The van der Waals surface area contributed by atoms with Gasteiger partial charge in [0.15, 0.2) is 0 Å². The number of rotatable bonds is 5. The monoisotopic (exact) mass is 347 g/mol. The topological polar surface area (TPSA) is 92.3 Å². The first-order valence-electron chi connectivity index (χ1n) is 6.28. The molecule has 0 aliphatic carbocycles. The molecule has 0 saturated heterocycles. The van der Waals surface area contributed by atoms with Crippen LogP contribution in [0.15, 0.2) is 48.5 Å². The summed E-state index contributed by atoms with van der Waals surface area (Å²) in [5.74, 6) is 0. The Balaban J connectivity index is 0.00000264. The minimum atomic E-state index is -3.29. The summed E-state index contributed by atoms with van der Waals surface area (Å²) >= 11 is 0.